The number of aliphatic hydroxyl groups excluding tert-OH is 4. The number of rotatable bonds is 50. The van der Waals surface area contributed by atoms with Crippen LogP contribution in [0.2, 0.25) is 0 Å². The third kappa shape index (κ3) is 27.8. The number of imidazole rings is 2. The summed E-state index contributed by atoms with van der Waals surface area (Å²) in [5.41, 5.74) is 10.5. The van der Waals surface area contributed by atoms with Gasteiger partial charge in [0.1, 0.15) is 84.1 Å². The molecule has 54 heteroatoms. The molecule has 0 radical (unpaired) electrons. The van der Waals surface area contributed by atoms with Crippen molar-refractivity contribution in [1.82, 2.24) is 60.3 Å². The van der Waals surface area contributed by atoms with Gasteiger partial charge in [0, 0.05) is 75.5 Å². The summed E-state index contributed by atoms with van der Waals surface area (Å²) < 4.78 is 126. The number of Topliss-reactive ketones (excluding diaryl/α,β-unsaturated/α-hetero) is 2. The highest BCUT2D eigenvalue weighted by atomic mass is 31.3. The molecule has 5 aromatic rings. The van der Waals surface area contributed by atoms with Crippen LogP contribution in [0.4, 0.5) is 11.6 Å². The number of phosphoric acid groups is 6. The Morgan fingerprint density at radius 3 is 1.25 bits per heavy atom. The number of nitrogens with two attached hydrogens (primary N) is 2. The highest BCUT2D eigenvalue weighted by Gasteiger charge is 2.53. The molecule has 14 unspecified atom stereocenters. The standard InChI is InChI=1S/C64H98N14O34P6/c1-61(2,31-105-117(99,100)111-115(95,96)103-29-41-49(109-113(89,90)91)47(83)59(107-41)77-35-75-45-53(65)71-33-73-55(45)77)51(85)57(87)69-24-14-43(81)67-22-12-39(79)27-63(18-19-63)16-6-10-37-8-5-9-38(26-37)11-7-17-64(20-21-64)28-40(80)13-23-68-44(82)15-25-70-58(88)52(86)62(3,4)32-106-118(101,102)112-116(97,98)104-30-42-50(110-114(92,93)94)48(84)60(108-42)78-36-76-46-54(66)72-34-74-56(46)78/h5,8-9,26,33-36,41-42,47-52,59-60,83-86H,6-7,10-25,27-32H2,1-4H3,(H,67,81)(H,68,82)(H,69,87)(H,70,88)(H,95,96)(H,97,98)(H,99,100)(H,101,102)(H2,65,71,73)(H2,66,72,74)(H2,89,90,91)(H2,92,93,94). The fourth-order valence-corrected chi connectivity index (χ4v) is 18.9. The molecule has 658 valence electrons. The Morgan fingerprint density at radius 1 is 0.534 bits per heavy atom. The van der Waals surface area contributed by atoms with Crippen LogP contribution in [-0.2, 0) is 114 Å². The maximum atomic E-state index is 13.1. The maximum absolute atomic E-state index is 13.1. The summed E-state index contributed by atoms with van der Waals surface area (Å²) >= 11 is 0. The number of ether oxygens (including phenoxy) is 2. The number of nitrogen functional groups attached to an aromatic ring is 2. The zero-order chi connectivity index (χ0) is 86.8. The van der Waals surface area contributed by atoms with Crippen molar-refractivity contribution in [3.8, 4) is 0 Å². The monoisotopic (exact) mass is 1790 g/mol. The van der Waals surface area contributed by atoms with Crippen LogP contribution >= 0.6 is 46.9 Å². The number of benzene rings is 1. The molecule has 0 spiro atoms. The predicted molar refractivity (Wildman–Crippen MR) is 403 cm³/mol. The molecule has 48 nitrogen and oxygen atoms in total. The fraction of sp³-hybridized carbons (Fsp3) is 0.656. The first-order chi connectivity index (χ1) is 55.0. The molecule has 4 amide bonds. The lowest BCUT2D eigenvalue weighted by molar-refractivity contribution is -0.137. The summed E-state index contributed by atoms with van der Waals surface area (Å²) in [4.78, 5) is 180. The Morgan fingerprint density at radius 2 is 0.890 bits per heavy atom. The first-order valence-electron chi connectivity index (χ1n) is 36.9. The minimum atomic E-state index is -5.64. The predicted octanol–water partition coefficient (Wildman–Crippen LogP) is 1.43. The van der Waals surface area contributed by atoms with E-state index in [0.717, 1.165) is 110 Å². The van der Waals surface area contributed by atoms with Gasteiger partial charge in [-0.1, -0.05) is 52.0 Å². The highest BCUT2D eigenvalue weighted by Crippen LogP contribution is 2.63. The minimum absolute atomic E-state index is 0.00508. The first-order valence-corrected chi connectivity index (χ1v) is 45.9. The van der Waals surface area contributed by atoms with Gasteiger partial charge in [0.25, 0.3) is 0 Å². The number of aliphatic hydroxyl groups is 4. The number of aromatic nitrogens is 8. The number of nitrogens with zero attached hydrogens (tertiary/aromatic N) is 8. The Kier molecular flexibility index (Phi) is 31.9. The average molecular weight is 1790 g/mol. The summed E-state index contributed by atoms with van der Waals surface area (Å²) in [6, 6.07) is 8.30. The van der Waals surface area contributed by atoms with Crippen LogP contribution in [0.3, 0.4) is 0 Å². The van der Waals surface area contributed by atoms with Crippen LogP contribution in [-0.4, -0.2) is 235 Å². The normalized spacial score (nSPS) is 23.1. The van der Waals surface area contributed by atoms with Crippen molar-refractivity contribution in [2.75, 3.05) is 64.1 Å². The number of anilines is 2. The van der Waals surface area contributed by atoms with E-state index in [2.05, 4.69) is 87.0 Å². The third-order valence-corrected chi connectivity index (χ3v) is 26.2. The molecule has 2 saturated heterocycles. The molecule has 20 N–H and O–H groups in total. The number of ketones is 2. The zero-order valence-electron chi connectivity index (χ0n) is 64.1. The number of hydrogen-bond donors (Lipinski definition) is 18. The van der Waals surface area contributed by atoms with Gasteiger partial charge in [-0.2, -0.15) is 8.62 Å². The fourth-order valence-electron chi connectivity index (χ4n) is 13.2. The van der Waals surface area contributed by atoms with E-state index in [9.17, 15) is 116 Å². The summed E-state index contributed by atoms with van der Waals surface area (Å²) in [5.74, 6) is -3.24. The largest absolute Gasteiger partial charge is 0.481 e. The average Bonchev–Trinajstić information content (AvgIpc) is 1.62. The van der Waals surface area contributed by atoms with Crippen molar-refractivity contribution in [1.29, 1.82) is 0 Å². The van der Waals surface area contributed by atoms with E-state index < -0.39 is 169 Å². The van der Waals surface area contributed by atoms with E-state index in [-0.39, 0.29) is 108 Å². The summed E-state index contributed by atoms with van der Waals surface area (Å²) in [7, 11) is -33.2. The molecular weight excluding hydrogens is 1690 g/mol. The van der Waals surface area contributed by atoms with E-state index in [1.807, 2.05) is 6.07 Å². The lowest BCUT2D eigenvalue weighted by Gasteiger charge is -2.30. The Hall–Kier alpha value is -6.36. The van der Waals surface area contributed by atoms with Gasteiger partial charge in [0.05, 0.1) is 39.1 Å². The lowest BCUT2D eigenvalue weighted by Crippen LogP contribution is -2.46. The SMILES string of the molecule is CC(C)(COP(=O)(O)OP(=O)(O)OCC1OC(n2cnc3c(N)ncnc32)C(O)C1OP(=O)(O)O)C(O)C(=O)NCCC(=O)NCCC(=O)CC1(CCCc2cccc(CCCC3(CC(=O)CCNC(=O)CCNC(=O)C(O)C(C)(C)COP(=O)(O)OP(=O)(O)OCC4OC(n5cnc6c(N)ncnc65)C(O)C4OP(=O)(O)O)CC3)c2)CC1. The zero-order valence-corrected chi connectivity index (χ0v) is 69.5. The maximum Gasteiger partial charge on any atom is 0.481 e. The number of fused-ring (bicyclic) bond motifs is 2. The molecule has 14 atom stereocenters. The molecule has 4 aromatic heterocycles. The van der Waals surface area contributed by atoms with Crippen LogP contribution in [0.15, 0.2) is 49.6 Å². The molecular formula is C64H98N14O34P6. The quantitative estimate of drug-likeness (QED) is 0.0245. The van der Waals surface area contributed by atoms with Crippen molar-refractivity contribution in [3.63, 3.8) is 0 Å². The molecule has 2 aliphatic carbocycles. The van der Waals surface area contributed by atoms with E-state index in [4.69, 9.17) is 39.0 Å². The van der Waals surface area contributed by atoms with Gasteiger partial charge in [0.2, 0.25) is 23.6 Å². The molecule has 6 heterocycles. The second-order valence-corrected chi connectivity index (χ2v) is 39.1. The number of hydrogen-bond acceptors (Lipinski definition) is 34. The summed E-state index contributed by atoms with van der Waals surface area (Å²) in [5, 5.41) is 53.6. The number of carbonyl (C=O) groups excluding carboxylic acids is 6. The molecule has 4 aliphatic rings. The number of nitrogens with one attached hydrogen (secondary N) is 4. The van der Waals surface area contributed by atoms with Crippen LogP contribution in [0, 0.1) is 21.7 Å². The van der Waals surface area contributed by atoms with Gasteiger partial charge < -0.3 is 102 Å². The lowest BCUT2D eigenvalue weighted by atomic mass is 9.87. The van der Waals surface area contributed by atoms with Crippen molar-refractivity contribution >= 4 is 116 Å². The van der Waals surface area contributed by atoms with Crippen LogP contribution < -0.4 is 32.7 Å². The Bertz CT molecular complexity index is 4430. The molecule has 0 bridgehead atoms. The third-order valence-electron chi connectivity index (χ3n) is 20.0. The van der Waals surface area contributed by atoms with E-state index in [1.165, 1.54) is 27.7 Å². The Balaban J connectivity index is 0.587. The highest BCUT2D eigenvalue weighted by molar-refractivity contribution is 7.61. The van der Waals surface area contributed by atoms with Gasteiger partial charge in [-0.05, 0) is 86.2 Å². The van der Waals surface area contributed by atoms with Gasteiger partial charge >= 0.3 is 46.9 Å². The van der Waals surface area contributed by atoms with E-state index in [1.54, 1.807) is 0 Å². The van der Waals surface area contributed by atoms with Gasteiger partial charge in [0.15, 0.2) is 35.4 Å². The van der Waals surface area contributed by atoms with Crippen LogP contribution in [0.1, 0.15) is 141 Å². The van der Waals surface area contributed by atoms with Crippen molar-refractivity contribution in [2.45, 2.75) is 192 Å². The number of amides is 4. The molecule has 118 heavy (non-hydrogen) atoms. The van der Waals surface area contributed by atoms with Gasteiger partial charge in [-0.3, -0.25) is 65.0 Å². The second kappa shape index (κ2) is 39.4. The molecule has 2 aliphatic heterocycles. The topological polar surface area (TPSA) is 727 Å². The van der Waals surface area contributed by atoms with Crippen LogP contribution in [0.25, 0.3) is 22.3 Å². The van der Waals surface area contributed by atoms with E-state index in [0.29, 0.717) is 12.8 Å². The number of aryl methyl sites for hydroxylation is 2. The van der Waals surface area contributed by atoms with Crippen LogP contribution in [0.5, 0.6) is 0 Å². The first kappa shape index (κ1) is 95.5. The second-order valence-electron chi connectivity index (χ2n) is 30.6. The smallest absolute Gasteiger partial charge is 0.386 e. The number of phosphoric ester groups is 6. The summed E-state index contributed by atoms with van der Waals surface area (Å²) in [6.07, 6.45) is -5.07. The van der Waals surface area contributed by atoms with Gasteiger partial charge in [-0.15, -0.1) is 0 Å². The summed E-state index contributed by atoms with van der Waals surface area (Å²) in [6.45, 7) is 0.259. The number of carbonyl (C=O) groups is 6. The van der Waals surface area contributed by atoms with Crippen molar-refractivity contribution in [2.24, 2.45) is 21.7 Å². The van der Waals surface area contributed by atoms with E-state index >= 15 is 0 Å². The van der Waals surface area contributed by atoms with Crippen molar-refractivity contribution < 1.29 is 161 Å². The molecule has 1 aromatic carbocycles. The Labute approximate surface area is 672 Å². The molecule has 9 rings (SSSR count). The molecule has 2 saturated carbocycles. The molecule has 4 fully saturated rings. The van der Waals surface area contributed by atoms with Gasteiger partial charge in [-0.25, -0.2) is 57.3 Å². The van der Waals surface area contributed by atoms with Crippen molar-refractivity contribution in [3.05, 3.63) is 60.7 Å². The minimum Gasteiger partial charge on any atom is -0.386 e.